The van der Waals surface area contributed by atoms with Gasteiger partial charge in [-0.3, -0.25) is 4.79 Å². The minimum atomic E-state index is 0.273. The molecule has 92 valence electrons. The normalized spacial score (nSPS) is 23.3. The van der Waals surface area contributed by atoms with E-state index >= 15 is 0 Å². The standard InChI is InChI=1S/C16H17OS/c17-9-11-18-10-3-6-16(18)15-8-7-13-4-1-2-5-14(13)12-15/h1-2,4-5,7-9,12,16H,3,6,10-11H2/q+1. The Labute approximate surface area is 111 Å². The molecule has 0 radical (unpaired) electrons. The molecule has 2 atom stereocenters. The van der Waals surface area contributed by atoms with Crippen molar-refractivity contribution in [2.75, 3.05) is 11.5 Å². The van der Waals surface area contributed by atoms with Gasteiger partial charge in [0, 0.05) is 22.9 Å². The number of carbonyl (C=O) groups is 1. The van der Waals surface area contributed by atoms with Crippen LogP contribution in [0.1, 0.15) is 23.7 Å². The number of carbonyl (C=O) groups excluding carboxylic acids is 1. The molecule has 1 saturated heterocycles. The highest BCUT2D eigenvalue weighted by molar-refractivity contribution is 7.97. The molecule has 1 aliphatic rings. The molecule has 0 N–H and O–H groups in total. The molecule has 0 bridgehead atoms. The second-order valence-electron chi connectivity index (χ2n) is 4.81. The van der Waals surface area contributed by atoms with E-state index in [9.17, 15) is 4.79 Å². The van der Waals surface area contributed by atoms with Gasteiger partial charge in [-0.25, -0.2) is 0 Å². The van der Waals surface area contributed by atoms with Crippen LogP contribution in [-0.2, 0) is 15.7 Å². The summed E-state index contributed by atoms with van der Waals surface area (Å²) in [6.07, 6.45) is 3.62. The van der Waals surface area contributed by atoms with Crippen LogP contribution >= 0.6 is 0 Å². The Morgan fingerprint density at radius 2 is 2.00 bits per heavy atom. The minimum absolute atomic E-state index is 0.273. The smallest absolute Gasteiger partial charge is 0.169 e. The lowest BCUT2D eigenvalue weighted by Crippen LogP contribution is -2.14. The molecule has 0 aliphatic carbocycles. The number of rotatable bonds is 3. The minimum Gasteiger partial charge on any atom is -0.298 e. The van der Waals surface area contributed by atoms with Crippen LogP contribution in [-0.4, -0.2) is 17.8 Å². The molecule has 1 aliphatic heterocycles. The summed E-state index contributed by atoms with van der Waals surface area (Å²) in [5.74, 6) is 1.98. The molecule has 1 fully saturated rings. The van der Waals surface area contributed by atoms with Gasteiger partial charge in [0.1, 0.15) is 11.0 Å². The maximum Gasteiger partial charge on any atom is 0.169 e. The molecule has 0 amide bonds. The van der Waals surface area contributed by atoms with Gasteiger partial charge in [0.15, 0.2) is 12.0 Å². The van der Waals surface area contributed by atoms with Crippen molar-refractivity contribution in [1.29, 1.82) is 0 Å². The van der Waals surface area contributed by atoms with Crippen LogP contribution in [0, 0.1) is 0 Å². The van der Waals surface area contributed by atoms with Gasteiger partial charge in [0.25, 0.3) is 0 Å². The second-order valence-corrected chi connectivity index (χ2v) is 7.20. The fourth-order valence-corrected chi connectivity index (χ4v) is 5.24. The van der Waals surface area contributed by atoms with Crippen molar-refractivity contribution in [3.05, 3.63) is 48.0 Å². The van der Waals surface area contributed by atoms with Crippen LogP contribution in [0.25, 0.3) is 10.8 Å². The lowest BCUT2D eigenvalue weighted by atomic mass is 10.0. The van der Waals surface area contributed by atoms with Crippen molar-refractivity contribution >= 4 is 28.0 Å². The number of benzene rings is 2. The summed E-state index contributed by atoms with van der Waals surface area (Å²) >= 11 is 0. The van der Waals surface area contributed by atoms with Crippen LogP contribution < -0.4 is 0 Å². The second kappa shape index (κ2) is 5.15. The molecular weight excluding hydrogens is 240 g/mol. The Hall–Kier alpha value is -1.28. The van der Waals surface area contributed by atoms with Crippen molar-refractivity contribution in [1.82, 2.24) is 0 Å². The van der Waals surface area contributed by atoms with Crippen LogP contribution in [0.15, 0.2) is 42.5 Å². The van der Waals surface area contributed by atoms with E-state index < -0.39 is 0 Å². The van der Waals surface area contributed by atoms with Gasteiger partial charge in [-0.05, 0) is 23.3 Å². The summed E-state index contributed by atoms with van der Waals surface area (Å²) in [5, 5.41) is 3.23. The lowest BCUT2D eigenvalue weighted by Gasteiger charge is -2.11. The third-order valence-electron chi connectivity index (χ3n) is 3.70. The van der Waals surface area contributed by atoms with Crippen LogP contribution in [0.3, 0.4) is 0 Å². The monoisotopic (exact) mass is 257 g/mol. The van der Waals surface area contributed by atoms with E-state index in [0.29, 0.717) is 5.25 Å². The van der Waals surface area contributed by atoms with Gasteiger partial charge in [-0.1, -0.05) is 36.4 Å². The Balaban J connectivity index is 1.95. The van der Waals surface area contributed by atoms with Crippen molar-refractivity contribution in [3.8, 4) is 0 Å². The molecule has 1 nitrogen and oxygen atoms in total. The Bertz CT molecular complexity index is 564. The van der Waals surface area contributed by atoms with E-state index in [1.165, 1.54) is 34.9 Å². The first-order valence-corrected chi connectivity index (χ1v) is 8.10. The molecule has 2 unspecified atom stereocenters. The molecule has 0 aromatic heterocycles. The number of hydrogen-bond donors (Lipinski definition) is 0. The fraction of sp³-hybridized carbons (Fsp3) is 0.312. The highest BCUT2D eigenvalue weighted by Crippen LogP contribution is 2.37. The quantitative estimate of drug-likeness (QED) is 0.607. The fourth-order valence-electron chi connectivity index (χ4n) is 2.82. The van der Waals surface area contributed by atoms with E-state index in [-0.39, 0.29) is 10.9 Å². The Morgan fingerprint density at radius 3 is 2.83 bits per heavy atom. The average molecular weight is 257 g/mol. The summed E-state index contributed by atoms with van der Waals surface area (Å²) in [5.41, 5.74) is 1.43. The molecule has 0 saturated carbocycles. The van der Waals surface area contributed by atoms with Gasteiger partial charge >= 0.3 is 0 Å². The number of hydrogen-bond acceptors (Lipinski definition) is 1. The van der Waals surface area contributed by atoms with Crippen LogP contribution in [0.4, 0.5) is 0 Å². The zero-order chi connectivity index (χ0) is 12.4. The van der Waals surface area contributed by atoms with Gasteiger partial charge in [-0.15, -0.1) is 0 Å². The molecule has 0 spiro atoms. The van der Waals surface area contributed by atoms with Gasteiger partial charge in [0.05, 0.1) is 0 Å². The van der Waals surface area contributed by atoms with E-state index in [1.807, 2.05) is 0 Å². The van der Waals surface area contributed by atoms with Crippen molar-refractivity contribution in [3.63, 3.8) is 0 Å². The first kappa shape index (κ1) is 11.8. The summed E-state index contributed by atoms with van der Waals surface area (Å²) in [6, 6.07) is 15.3. The van der Waals surface area contributed by atoms with E-state index in [1.54, 1.807) is 0 Å². The summed E-state index contributed by atoms with van der Waals surface area (Å²) in [4.78, 5) is 10.8. The van der Waals surface area contributed by atoms with E-state index in [4.69, 9.17) is 0 Å². The molecule has 3 rings (SSSR count). The molecule has 18 heavy (non-hydrogen) atoms. The first-order valence-electron chi connectivity index (χ1n) is 6.47. The Morgan fingerprint density at radius 1 is 1.17 bits per heavy atom. The molecule has 2 heteroatoms. The van der Waals surface area contributed by atoms with E-state index in [0.717, 1.165) is 12.0 Å². The molecule has 2 aromatic rings. The number of aldehydes is 1. The SMILES string of the molecule is O=CC[S+]1CCCC1c1ccc2ccccc2c1. The third kappa shape index (κ3) is 2.17. The number of fused-ring (bicyclic) bond motifs is 1. The predicted octanol–water partition coefficient (Wildman–Crippen LogP) is 3.49. The van der Waals surface area contributed by atoms with Crippen LogP contribution in [0.5, 0.6) is 0 Å². The Kier molecular flexibility index (Phi) is 3.37. The maximum absolute atomic E-state index is 10.8. The van der Waals surface area contributed by atoms with Crippen molar-refractivity contribution < 1.29 is 4.79 Å². The summed E-state index contributed by atoms with van der Waals surface area (Å²) < 4.78 is 0. The van der Waals surface area contributed by atoms with Crippen molar-refractivity contribution in [2.24, 2.45) is 0 Å². The van der Waals surface area contributed by atoms with Gasteiger partial charge in [-0.2, -0.15) is 0 Å². The average Bonchev–Trinajstić information content (AvgIpc) is 2.87. The summed E-state index contributed by atoms with van der Waals surface area (Å²) in [6.45, 7) is 0. The third-order valence-corrected chi connectivity index (χ3v) is 6.39. The zero-order valence-corrected chi connectivity index (χ0v) is 11.2. The first-order chi connectivity index (χ1) is 8.88. The predicted molar refractivity (Wildman–Crippen MR) is 79.1 cm³/mol. The molecular formula is C16H17OS+. The van der Waals surface area contributed by atoms with Gasteiger partial charge < -0.3 is 0 Å². The lowest BCUT2D eigenvalue weighted by molar-refractivity contribution is -0.105. The van der Waals surface area contributed by atoms with Gasteiger partial charge in [0.2, 0.25) is 0 Å². The highest BCUT2D eigenvalue weighted by atomic mass is 32.2. The summed E-state index contributed by atoms with van der Waals surface area (Å²) in [7, 11) is 0.273. The van der Waals surface area contributed by atoms with Crippen molar-refractivity contribution in [2.45, 2.75) is 18.1 Å². The highest BCUT2D eigenvalue weighted by Gasteiger charge is 2.36. The topological polar surface area (TPSA) is 17.1 Å². The maximum atomic E-state index is 10.8. The zero-order valence-electron chi connectivity index (χ0n) is 10.3. The van der Waals surface area contributed by atoms with E-state index in [2.05, 4.69) is 42.5 Å². The largest absolute Gasteiger partial charge is 0.298 e. The van der Waals surface area contributed by atoms with Crippen LogP contribution in [0.2, 0.25) is 0 Å². The molecule has 2 aromatic carbocycles. The molecule has 1 heterocycles.